The van der Waals surface area contributed by atoms with Crippen molar-refractivity contribution < 1.29 is 4.79 Å². The number of fused-ring (bicyclic) bond motifs is 1. The predicted molar refractivity (Wildman–Crippen MR) is 142 cm³/mol. The molecular formula is C28H30ClN5O2. The lowest BCUT2D eigenvalue weighted by molar-refractivity contribution is 0.0919. The van der Waals surface area contributed by atoms with E-state index in [9.17, 15) is 9.59 Å². The Morgan fingerprint density at radius 3 is 2.47 bits per heavy atom. The molecule has 4 aromatic rings. The monoisotopic (exact) mass is 503 g/mol. The summed E-state index contributed by atoms with van der Waals surface area (Å²) in [4.78, 5) is 35.0. The highest BCUT2D eigenvalue weighted by atomic mass is 35.5. The van der Waals surface area contributed by atoms with Crippen LogP contribution in [0.25, 0.3) is 16.7 Å². The van der Waals surface area contributed by atoms with Gasteiger partial charge in [0.1, 0.15) is 0 Å². The third-order valence-corrected chi connectivity index (χ3v) is 7.42. The summed E-state index contributed by atoms with van der Waals surface area (Å²) in [5, 5.41) is 3.60. The van der Waals surface area contributed by atoms with Crippen LogP contribution in [0.1, 0.15) is 53.0 Å². The molecule has 1 saturated carbocycles. The maximum absolute atomic E-state index is 13.7. The van der Waals surface area contributed by atoms with Crippen molar-refractivity contribution in [3.8, 4) is 5.69 Å². The first-order valence-electron chi connectivity index (χ1n) is 12.4. The lowest BCUT2D eigenvalue weighted by Crippen LogP contribution is -2.39. The number of imidazole rings is 1. The van der Waals surface area contributed by atoms with Gasteiger partial charge < -0.3 is 5.32 Å². The number of benzene rings is 1. The van der Waals surface area contributed by atoms with Gasteiger partial charge in [0.2, 0.25) is 0 Å². The molecule has 0 bridgehead atoms. The van der Waals surface area contributed by atoms with E-state index in [0.29, 0.717) is 28.7 Å². The minimum atomic E-state index is -0.132. The number of amides is 1. The van der Waals surface area contributed by atoms with Gasteiger partial charge in [-0.25, -0.2) is 4.79 Å². The van der Waals surface area contributed by atoms with E-state index >= 15 is 0 Å². The second-order valence-electron chi connectivity index (χ2n) is 9.81. The van der Waals surface area contributed by atoms with E-state index in [4.69, 9.17) is 11.6 Å². The highest BCUT2D eigenvalue weighted by Crippen LogP contribution is 2.28. The number of nitrogens with one attached hydrogen (secondary N) is 1. The summed E-state index contributed by atoms with van der Waals surface area (Å²) in [5.74, 6) is 0.231. The third-order valence-electron chi connectivity index (χ3n) is 7.22. The molecular weight excluding hydrogens is 474 g/mol. The molecule has 8 heteroatoms. The number of pyridine rings is 2. The van der Waals surface area contributed by atoms with Crippen LogP contribution in [0.4, 0.5) is 0 Å². The molecule has 36 heavy (non-hydrogen) atoms. The van der Waals surface area contributed by atoms with Crippen LogP contribution in [0.2, 0.25) is 5.02 Å². The normalized spacial score (nSPS) is 17.9. The zero-order valence-corrected chi connectivity index (χ0v) is 21.5. The van der Waals surface area contributed by atoms with Gasteiger partial charge in [0.05, 0.1) is 39.2 Å². The van der Waals surface area contributed by atoms with Gasteiger partial charge in [0.25, 0.3) is 5.91 Å². The van der Waals surface area contributed by atoms with Gasteiger partial charge in [-0.3, -0.25) is 23.9 Å². The largest absolute Gasteiger partial charge is 0.349 e. The maximum atomic E-state index is 13.7. The maximum Gasteiger partial charge on any atom is 0.333 e. The highest BCUT2D eigenvalue weighted by Gasteiger charge is 2.26. The van der Waals surface area contributed by atoms with Gasteiger partial charge in [-0.15, -0.1) is 0 Å². The Kier molecular flexibility index (Phi) is 6.67. The summed E-state index contributed by atoms with van der Waals surface area (Å²) >= 11 is 6.03. The van der Waals surface area contributed by atoms with Gasteiger partial charge in [0.15, 0.2) is 0 Å². The molecule has 0 unspecified atom stereocenters. The molecule has 1 amide bonds. The Morgan fingerprint density at radius 2 is 1.75 bits per heavy atom. The second kappa shape index (κ2) is 9.90. The molecule has 186 valence electrons. The molecule has 5 rings (SSSR count). The van der Waals surface area contributed by atoms with E-state index in [0.717, 1.165) is 53.7 Å². The van der Waals surface area contributed by atoms with Crippen molar-refractivity contribution >= 4 is 28.5 Å². The van der Waals surface area contributed by atoms with Crippen LogP contribution in [0, 0.1) is 26.7 Å². The van der Waals surface area contributed by atoms with Gasteiger partial charge >= 0.3 is 5.69 Å². The Hall–Kier alpha value is -3.45. The SMILES string of the molecule is Cc1cc(C)c(-n2c(=O)n(CC3CCC(NC(=O)c4cc(Cl)cnc4C)CC3)c3ccccc32)cn1. The minimum Gasteiger partial charge on any atom is -0.349 e. The molecule has 0 radical (unpaired) electrons. The standard InChI is InChI=1S/C28H30ClN5O2/c1-17-12-18(2)30-15-26(17)34-25-7-5-4-6-24(25)33(28(34)36)16-20-8-10-22(11-9-20)32-27(35)23-13-21(29)14-31-19(23)3/h4-7,12-15,20,22H,8-11,16H2,1-3H3,(H,32,35). The smallest absolute Gasteiger partial charge is 0.333 e. The first-order chi connectivity index (χ1) is 17.3. The zero-order valence-electron chi connectivity index (χ0n) is 20.8. The molecule has 3 heterocycles. The van der Waals surface area contributed by atoms with Crippen molar-refractivity contribution in [3.05, 3.63) is 86.8 Å². The van der Waals surface area contributed by atoms with Crippen LogP contribution < -0.4 is 11.0 Å². The Labute approximate surface area is 215 Å². The molecule has 7 nitrogen and oxygen atoms in total. The molecule has 1 aliphatic rings. The van der Waals surface area contributed by atoms with Gasteiger partial charge in [0, 0.05) is 24.5 Å². The summed E-state index contributed by atoms with van der Waals surface area (Å²) < 4.78 is 3.68. The van der Waals surface area contributed by atoms with Gasteiger partial charge in [-0.2, -0.15) is 0 Å². The average molecular weight is 504 g/mol. The Morgan fingerprint density at radius 1 is 1.03 bits per heavy atom. The van der Waals surface area contributed by atoms with Crippen LogP contribution in [-0.4, -0.2) is 31.1 Å². The number of para-hydroxylation sites is 2. The molecule has 1 fully saturated rings. The first kappa shape index (κ1) is 24.3. The minimum absolute atomic E-state index is 0.0377. The van der Waals surface area contributed by atoms with Gasteiger partial charge in [-0.05, 0) is 82.2 Å². The van der Waals surface area contributed by atoms with E-state index in [2.05, 4.69) is 15.3 Å². The number of hydrogen-bond donors (Lipinski definition) is 1. The van der Waals surface area contributed by atoms with Crippen LogP contribution >= 0.6 is 11.6 Å². The number of halogens is 1. The van der Waals surface area contributed by atoms with E-state index in [1.165, 1.54) is 0 Å². The number of carbonyl (C=O) groups is 1. The van der Waals surface area contributed by atoms with Crippen molar-refractivity contribution in [2.24, 2.45) is 5.92 Å². The zero-order chi connectivity index (χ0) is 25.4. The molecule has 1 aliphatic carbocycles. The van der Waals surface area contributed by atoms with Crippen molar-refractivity contribution in [1.82, 2.24) is 24.4 Å². The Balaban J connectivity index is 1.32. The number of rotatable bonds is 5. The third kappa shape index (κ3) is 4.67. The molecule has 0 saturated heterocycles. The second-order valence-corrected chi connectivity index (χ2v) is 10.2. The fraction of sp³-hybridized carbons (Fsp3) is 0.357. The van der Waals surface area contributed by atoms with Crippen molar-refractivity contribution in [1.29, 1.82) is 0 Å². The van der Waals surface area contributed by atoms with Crippen LogP contribution in [0.15, 0.2) is 53.6 Å². The van der Waals surface area contributed by atoms with Gasteiger partial charge in [-0.1, -0.05) is 23.7 Å². The summed E-state index contributed by atoms with van der Waals surface area (Å²) in [7, 11) is 0. The van der Waals surface area contributed by atoms with Crippen molar-refractivity contribution in [2.75, 3.05) is 0 Å². The number of hydrogen-bond acceptors (Lipinski definition) is 4. The molecule has 3 aromatic heterocycles. The first-order valence-corrected chi connectivity index (χ1v) is 12.8. The molecule has 0 atom stereocenters. The van der Waals surface area contributed by atoms with Crippen molar-refractivity contribution in [2.45, 2.75) is 59.0 Å². The Bertz CT molecular complexity index is 1500. The van der Waals surface area contributed by atoms with E-state index in [1.807, 2.05) is 55.7 Å². The summed E-state index contributed by atoms with van der Waals surface area (Å²) in [6.45, 7) is 6.43. The number of carbonyl (C=O) groups excluding carboxylic acids is 1. The topological polar surface area (TPSA) is 81.8 Å². The fourth-order valence-corrected chi connectivity index (χ4v) is 5.45. The number of nitrogens with zero attached hydrogens (tertiary/aromatic N) is 4. The van der Waals surface area contributed by atoms with E-state index < -0.39 is 0 Å². The summed E-state index contributed by atoms with van der Waals surface area (Å²) in [6, 6.07) is 11.7. The van der Waals surface area contributed by atoms with Crippen molar-refractivity contribution in [3.63, 3.8) is 0 Å². The number of aromatic nitrogens is 4. The van der Waals surface area contributed by atoms with Crippen LogP contribution in [0.5, 0.6) is 0 Å². The fourth-order valence-electron chi connectivity index (χ4n) is 5.29. The molecule has 0 aliphatic heterocycles. The average Bonchev–Trinajstić information content (AvgIpc) is 3.13. The summed E-state index contributed by atoms with van der Waals surface area (Å²) in [6.07, 6.45) is 6.96. The van der Waals surface area contributed by atoms with Crippen LogP contribution in [-0.2, 0) is 6.54 Å². The van der Waals surface area contributed by atoms with E-state index in [1.54, 1.807) is 23.0 Å². The molecule has 1 N–H and O–H groups in total. The number of aryl methyl sites for hydroxylation is 3. The predicted octanol–water partition coefficient (Wildman–Crippen LogP) is 5.15. The molecule has 1 aromatic carbocycles. The summed E-state index contributed by atoms with van der Waals surface area (Å²) in [5.41, 5.74) is 5.74. The highest BCUT2D eigenvalue weighted by molar-refractivity contribution is 6.30. The molecule has 0 spiro atoms. The quantitative estimate of drug-likeness (QED) is 0.408. The van der Waals surface area contributed by atoms with E-state index in [-0.39, 0.29) is 17.6 Å². The lowest BCUT2D eigenvalue weighted by atomic mass is 9.85. The van der Waals surface area contributed by atoms with Crippen LogP contribution in [0.3, 0.4) is 0 Å². The lowest BCUT2D eigenvalue weighted by Gasteiger charge is -2.29.